The molecule has 6 heteroatoms. The fourth-order valence-electron chi connectivity index (χ4n) is 2.61. The van der Waals surface area contributed by atoms with Crippen LogP contribution >= 0.6 is 11.8 Å². The third-order valence-corrected chi connectivity index (χ3v) is 4.82. The molecule has 1 aromatic carbocycles. The fraction of sp³-hybridized carbons (Fsp3) is 0.333. The van der Waals surface area contributed by atoms with Crippen LogP contribution in [0.25, 0.3) is 0 Å². The van der Waals surface area contributed by atoms with Crippen molar-refractivity contribution in [1.82, 2.24) is 9.97 Å². The molecule has 0 saturated heterocycles. The maximum atomic E-state index is 11.5. The van der Waals surface area contributed by atoms with E-state index in [1.807, 2.05) is 19.1 Å². The van der Waals surface area contributed by atoms with E-state index in [1.54, 1.807) is 7.11 Å². The van der Waals surface area contributed by atoms with Gasteiger partial charge in [-0.1, -0.05) is 17.8 Å². The summed E-state index contributed by atoms with van der Waals surface area (Å²) >= 11 is 1.53. The number of ether oxygens (including phenoxy) is 1. The molecule has 0 spiro atoms. The molecule has 0 radical (unpaired) electrons. The monoisotopic (exact) mass is 303 g/mol. The second-order valence-corrected chi connectivity index (χ2v) is 6.37. The molecule has 2 unspecified atom stereocenters. The Hall–Kier alpha value is -1.79. The molecule has 21 heavy (non-hydrogen) atoms. The molecule has 110 valence electrons. The summed E-state index contributed by atoms with van der Waals surface area (Å²) in [6, 6.07) is 7.39. The summed E-state index contributed by atoms with van der Waals surface area (Å²) in [7, 11) is 1.65. The lowest BCUT2D eigenvalue weighted by atomic mass is 10.1. The highest BCUT2D eigenvalue weighted by atomic mass is 32.2. The van der Waals surface area contributed by atoms with Gasteiger partial charge in [0, 0.05) is 23.1 Å². The summed E-state index contributed by atoms with van der Waals surface area (Å²) < 4.78 is 5.25. The smallest absolute Gasteiger partial charge is 0.251 e. The molecule has 1 aliphatic rings. The molecule has 1 heterocycles. The number of H-pyrrole nitrogens is 1. The Labute approximate surface area is 126 Å². The number of hydrogen-bond donors (Lipinski definition) is 2. The lowest BCUT2D eigenvalue weighted by Crippen LogP contribution is -2.20. The van der Waals surface area contributed by atoms with Gasteiger partial charge in [-0.25, -0.2) is 4.98 Å². The number of fused-ring (bicyclic) bond motifs is 1. The molecule has 2 atom stereocenters. The van der Waals surface area contributed by atoms with Crippen LogP contribution in [0.3, 0.4) is 0 Å². The second kappa shape index (κ2) is 5.54. The van der Waals surface area contributed by atoms with Crippen LogP contribution in [0.2, 0.25) is 0 Å². The van der Waals surface area contributed by atoms with Crippen LogP contribution in [0.5, 0.6) is 5.75 Å². The summed E-state index contributed by atoms with van der Waals surface area (Å²) in [5.74, 6) is 0.817. The zero-order valence-corrected chi connectivity index (χ0v) is 12.7. The van der Waals surface area contributed by atoms with E-state index in [-0.39, 0.29) is 16.9 Å². The van der Waals surface area contributed by atoms with Crippen molar-refractivity contribution in [2.75, 3.05) is 7.11 Å². The number of nitrogens with one attached hydrogen (secondary N) is 1. The van der Waals surface area contributed by atoms with Gasteiger partial charge in [0.15, 0.2) is 5.16 Å². The Morgan fingerprint density at radius 2 is 2.24 bits per heavy atom. The minimum Gasteiger partial charge on any atom is -0.497 e. The summed E-state index contributed by atoms with van der Waals surface area (Å²) in [5.41, 5.74) is 9.27. The first-order chi connectivity index (χ1) is 10.1. The number of methoxy groups -OCH3 is 1. The average Bonchev–Trinajstić information content (AvgIpc) is 2.74. The molecule has 1 aromatic heterocycles. The number of benzene rings is 1. The molecule has 0 aliphatic heterocycles. The van der Waals surface area contributed by atoms with Crippen molar-refractivity contribution in [3.63, 3.8) is 0 Å². The van der Waals surface area contributed by atoms with Gasteiger partial charge in [-0.2, -0.15) is 0 Å². The van der Waals surface area contributed by atoms with E-state index in [2.05, 4.69) is 16.0 Å². The number of thioether (sulfide) groups is 1. The quantitative estimate of drug-likeness (QED) is 0.845. The summed E-state index contributed by atoms with van der Waals surface area (Å²) in [4.78, 5) is 18.6. The van der Waals surface area contributed by atoms with Gasteiger partial charge in [-0.05, 0) is 36.6 Å². The zero-order valence-electron chi connectivity index (χ0n) is 11.9. The van der Waals surface area contributed by atoms with Crippen molar-refractivity contribution < 1.29 is 4.74 Å². The largest absolute Gasteiger partial charge is 0.497 e. The first-order valence-electron chi connectivity index (χ1n) is 6.74. The van der Waals surface area contributed by atoms with Crippen molar-refractivity contribution >= 4 is 11.8 Å². The summed E-state index contributed by atoms with van der Waals surface area (Å²) in [6.07, 6.45) is 0.864. The van der Waals surface area contributed by atoms with Crippen molar-refractivity contribution in [3.05, 3.63) is 51.4 Å². The molecule has 0 bridgehead atoms. The minimum atomic E-state index is -0.129. The summed E-state index contributed by atoms with van der Waals surface area (Å²) in [5, 5.41) is 0.789. The Morgan fingerprint density at radius 3 is 2.95 bits per heavy atom. The molecule has 3 rings (SSSR count). The van der Waals surface area contributed by atoms with Crippen LogP contribution in [0.4, 0.5) is 0 Å². The molecule has 1 aliphatic carbocycles. The maximum absolute atomic E-state index is 11.5. The van der Waals surface area contributed by atoms with E-state index < -0.39 is 0 Å². The van der Waals surface area contributed by atoms with Gasteiger partial charge in [-0.15, -0.1) is 0 Å². The number of hydrogen-bond acceptors (Lipinski definition) is 5. The van der Waals surface area contributed by atoms with Gasteiger partial charge >= 0.3 is 0 Å². The predicted octanol–water partition coefficient (Wildman–Crippen LogP) is 1.80. The average molecular weight is 303 g/mol. The SMILES string of the molecule is COc1ccc2c(c1)C(N)C(Sc1nc(C)cc(=O)[nH]1)C2. The second-order valence-electron chi connectivity index (χ2n) is 5.14. The topological polar surface area (TPSA) is 81.0 Å². The number of rotatable bonds is 3. The van der Waals surface area contributed by atoms with Crippen LogP contribution < -0.4 is 16.0 Å². The minimum absolute atomic E-state index is 0.0917. The normalized spacial score (nSPS) is 20.3. The van der Waals surface area contributed by atoms with Gasteiger partial charge in [0.2, 0.25) is 0 Å². The molecule has 2 aromatic rings. The highest BCUT2D eigenvalue weighted by Crippen LogP contribution is 2.40. The molecule has 0 saturated carbocycles. The number of aryl methyl sites for hydroxylation is 1. The lowest BCUT2D eigenvalue weighted by Gasteiger charge is -2.15. The highest BCUT2D eigenvalue weighted by Gasteiger charge is 2.31. The van der Waals surface area contributed by atoms with Crippen LogP contribution in [-0.2, 0) is 6.42 Å². The van der Waals surface area contributed by atoms with Crippen LogP contribution in [0, 0.1) is 6.92 Å². The first-order valence-corrected chi connectivity index (χ1v) is 7.62. The van der Waals surface area contributed by atoms with Gasteiger partial charge < -0.3 is 15.5 Å². The van der Waals surface area contributed by atoms with Crippen molar-refractivity contribution in [2.45, 2.75) is 29.8 Å². The number of nitrogens with two attached hydrogens (primary N) is 1. The fourth-order valence-corrected chi connectivity index (χ4v) is 3.81. The van der Waals surface area contributed by atoms with Crippen LogP contribution in [0.1, 0.15) is 22.9 Å². The van der Waals surface area contributed by atoms with Crippen molar-refractivity contribution in [2.24, 2.45) is 5.73 Å². The first kappa shape index (κ1) is 14.2. The molecule has 0 amide bonds. The number of aromatic amines is 1. The van der Waals surface area contributed by atoms with E-state index in [0.717, 1.165) is 17.7 Å². The van der Waals surface area contributed by atoms with Gasteiger partial charge in [0.05, 0.1) is 7.11 Å². The molecular formula is C15H17N3O2S. The standard InChI is InChI=1S/C15H17N3O2S/c1-8-5-13(19)18-15(17-8)21-12-6-9-3-4-10(20-2)7-11(9)14(12)16/h3-5,7,12,14H,6,16H2,1-2H3,(H,17,18,19). The van der Waals surface area contributed by atoms with E-state index in [4.69, 9.17) is 10.5 Å². The number of nitrogens with zero attached hydrogens (tertiary/aromatic N) is 1. The number of aromatic nitrogens is 2. The molecule has 0 fully saturated rings. The van der Waals surface area contributed by atoms with E-state index in [9.17, 15) is 4.79 Å². The van der Waals surface area contributed by atoms with Gasteiger partial charge in [0.1, 0.15) is 5.75 Å². The molecular weight excluding hydrogens is 286 g/mol. The van der Waals surface area contributed by atoms with Crippen molar-refractivity contribution in [3.8, 4) is 5.75 Å². The van der Waals surface area contributed by atoms with Gasteiger partial charge in [0.25, 0.3) is 5.56 Å². The maximum Gasteiger partial charge on any atom is 0.251 e. The molecule has 3 N–H and O–H groups in total. The van der Waals surface area contributed by atoms with Crippen LogP contribution in [-0.4, -0.2) is 22.3 Å². The Bertz CT molecular complexity index is 729. The van der Waals surface area contributed by atoms with Crippen LogP contribution in [0.15, 0.2) is 34.2 Å². The van der Waals surface area contributed by atoms with E-state index in [1.165, 1.54) is 23.4 Å². The predicted molar refractivity (Wildman–Crippen MR) is 82.9 cm³/mol. The van der Waals surface area contributed by atoms with Crippen molar-refractivity contribution in [1.29, 1.82) is 0 Å². The van der Waals surface area contributed by atoms with E-state index >= 15 is 0 Å². The summed E-state index contributed by atoms with van der Waals surface area (Å²) in [6.45, 7) is 1.81. The Kier molecular flexibility index (Phi) is 3.73. The lowest BCUT2D eigenvalue weighted by molar-refractivity contribution is 0.414. The Balaban J connectivity index is 1.84. The molecule has 5 nitrogen and oxygen atoms in total. The zero-order chi connectivity index (χ0) is 15.0. The third kappa shape index (κ3) is 2.82. The van der Waals surface area contributed by atoms with Gasteiger partial charge in [-0.3, -0.25) is 4.79 Å². The Morgan fingerprint density at radius 1 is 1.43 bits per heavy atom. The van der Waals surface area contributed by atoms with E-state index in [0.29, 0.717) is 10.9 Å². The highest BCUT2D eigenvalue weighted by molar-refractivity contribution is 7.99. The third-order valence-electron chi connectivity index (χ3n) is 3.64.